The lowest BCUT2D eigenvalue weighted by molar-refractivity contribution is 0.108. The molecule has 5 nitrogen and oxygen atoms in total. The third kappa shape index (κ3) is 1.85. The van der Waals surface area contributed by atoms with Gasteiger partial charge in [-0.1, -0.05) is 17.3 Å². The van der Waals surface area contributed by atoms with Crippen molar-refractivity contribution in [2.75, 3.05) is 7.11 Å². The molecule has 0 aliphatic heterocycles. The molecular weight excluding hydrogens is 196 g/mol. The number of rotatable bonds is 3. The van der Waals surface area contributed by atoms with Gasteiger partial charge < -0.3 is 9.26 Å². The first-order valence-electron chi connectivity index (χ1n) is 4.27. The Morgan fingerprint density at radius 3 is 3.00 bits per heavy atom. The summed E-state index contributed by atoms with van der Waals surface area (Å²) in [6.45, 7) is 0. The second kappa shape index (κ2) is 3.91. The standard InChI is InChI=1S/C10H8N2O3/c1-14-8-4-2-3-7(5-8)10-11-9(6-13)15-12-10/h2-6H,1H3. The first kappa shape index (κ1) is 9.39. The van der Waals surface area contributed by atoms with Gasteiger partial charge in [-0.3, -0.25) is 4.79 Å². The number of hydrogen-bond donors (Lipinski definition) is 0. The largest absolute Gasteiger partial charge is 0.497 e. The lowest BCUT2D eigenvalue weighted by Gasteiger charge is -1.99. The van der Waals surface area contributed by atoms with Crippen LogP contribution in [0.1, 0.15) is 10.7 Å². The van der Waals surface area contributed by atoms with Crippen LogP contribution < -0.4 is 4.74 Å². The molecule has 0 aliphatic rings. The van der Waals surface area contributed by atoms with Gasteiger partial charge in [0.25, 0.3) is 5.89 Å². The molecule has 0 aliphatic carbocycles. The molecule has 0 saturated heterocycles. The normalized spacial score (nSPS) is 9.93. The van der Waals surface area contributed by atoms with Crippen LogP contribution in [0.15, 0.2) is 28.8 Å². The maximum Gasteiger partial charge on any atom is 0.291 e. The number of carbonyl (C=O) groups is 1. The monoisotopic (exact) mass is 204 g/mol. The van der Waals surface area contributed by atoms with Crippen molar-refractivity contribution in [3.63, 3.8) is 0 Å². The van der Waals surface area contributed by atoms with E-state index in [0.717, 1.165) is 5.56 Å². The molecule has 0 bridgehead atoms. The highest BCUT2D eigenvalue weighted by Gasteiger charge is 2.07. The number of nitrogens with zero attached hydrogens (tertiary/aromatic N) is 2. The van der Waals surface area contributed by atoms with Crippen LogP contribution in [0.25, 0.3) is 11.4 Å². The van der Waals surface area contributed by atoms with E-state index in [2.05, 4.69) is 14.7 Å². The average molecular weight is 204 g/mol. The van der Waals surface area contributed by atoms with Crippen LogP contribution in [0, 0.1) is 0 Å². The van der Waals surface area contributed by atoms with Crippen LogP contribution in [0.4, 0.5) is 0 Å². The van der Waals surface area contributed by atoms with Crippen LogP contribution in [0.2, 0.25) is 0 Å². The Morgan fingerprint density at radius 1 is 1.47 bits per heavy atom. The van der Waals surface area contributed by atoms with Crippen LogP contribution in [0.3, 0.4) is 0 Å². The highest BCUT2D eigenvalue weighted by molar-refractivity contribution is 5.69. The van der Waals surface area contributed by atoms with Gasteiger partial charge in [0.15, 0.2) is 0 Å². The molecule has 1 heterocycles. The fourth-order valence-electron chi connectivity index (χ4n) is 1.16. The summed E-state index contributed by atoms with van der Waals surface area (Å²) in [4.78, 5) is 14.2. The fourth-order valence-corrected chi connectivity index (χ4v) is 1.16. The maximum atomic E-state index is 10.4. The molecule has 0 spiro atoms. The number of hydrogen-bond acceptors (Lipinski definition) is 5. The number of carbonyl (C=O) groups excluding carboxylic acids is 1. The number of aromatic nitrogens is 2. The average Bonchev–Trinajstić information content (AvgIpc) is 2.78. The lowest BCUT2D eigenvalue weighted by atomic mass is 10.2. The van der Waals surface area contributed by atoms with E-state index in [1.54, 1.807) is 13.2 Å². The third-order valence-corrected chi connectivity index (χ3v) is 1.87. The Labute approximate surface area is 85.7 Å². The summed E-state index contributed by atoms with van der Waals surface area (Å²) < 4.78 is 9.73. The summed E-state index contributed by atoms with van der Waals surface area (Å²) in [5.74, 6) is 1.04. The molecular formula is C10H8N2O3. The molecule has 5 heteroatoms. The Hall–Kier alpha value is -2.17. The summed E-state index contributed by atoms with van der Waals surface area (Å²) >= 11 is 0. The smallest absolute Gasteiger partial charge is 0.291 e. The van der Waals surface area contributed by atoms with E-state index < -0.39 is 0 Å². The van der Waals surface area contributed by atoms with Gasteiger partial charge in [0.05, 0.1) is 7.11 Å². The zero-order valence-corrected chi connectivity index (χ0v) is 8.01. The second-order valence-corrected chi connectivity index (χ2v) is 2.81. The van der Waals surface area contributed by atoms with Crippen molar-refractivity contribution in [3.8, 4) is 17.1 Å². The SMILES string of the molecule is COc1cccc(-c2noc(C=O)n2)c1. The van der Waals surface area contributed by atoms with Gasteiger partial charge >= 0.3 is 0 Å². The van der Waals surface area contributed by atoms with E-state index in [1.807, 2.05) is 18.2 Å². The van der Waals surface area contributed by atoms with Crippen LogP contribution in [-0.2, 0) is 0 Å². The highest BCUT2D eigenvalue weighted by atomic mass is 16.5. The molecule has 0 saturated carbocycles. The zero-order chi connectivity index (χ0) is 10.7. The molecule has 1 aromatic heterocycles. The molecule has 0 unspecified atom stereocenters. The minimum Gasteiger partial charge on any atom is -0.497 e. The molecule has 0 N–H and O–H groups in total. The van der Waals surface area contributed by atoms with Gasteiger partial charge in [-0.25, -0.2) is 0 Å². The predicted molar refractivity (Wildman–Crippen MR) is 51.7 cm³/mol. The third-order valence-electron chi connectivity index (χ3n) is 1.87. The molecule has 2 aromatic rings. The summed E-state index contributed by atoms with van der Waals surface area (Å²) in [6, 6.07) is 7.19. The Bertz CT molecular complexity index is 479. The van der Waals surface area contributed by atoms with Gasteiger partial charge in [0.1, 0.15) is 5.75 Å². The quantitative estimate of drug-likeness (QED) is 0.710. The Balaban J connectivity index is 2.39. The van der Waals surface area contributed by atoms with Crippen molar-refractivity contribution < 1.29 is 14.1 Å². The van der Waals surface area contributed by atoms with Gasteiger partial charge in [0, 0.05) is 5.56 Å². The molecule has 0 radical (unpaired) electrons. The van der Waals surface area contributed by atoms with Crippen molar-refractivity contribution in [2.45, 2.75) is 0 Å². The van der Waals surface area contributed by atoms with E-state index in [4.69, 9.17) is 4.74 Å². The number of benzene rings is 1. The summed E-state index contributed by atoms with van der Waals surface area (Å²) in [5.41, 5.74) is 0.742. The molecule has 0 amide bonds. The van der Waals surface area contributed by atoms with Crippen LogP contribution in [0.5, 0.6) is 5.75 Å². The molecule has 2 rings (SSSR count). The molecule has 0 fully saturated rings. The van der Waals surface area contributed by atoms with E-state index in [9.17, 15) is 4.79 Å². The minimum atomic E-state index is -0.0344. The van der Waals surface area contributed by atoms with Crippen molar-refractivity contribution in [1.29, 1.82) is 0 Å². The maximum absolute atomic E-state index is 10.4. The van der Waals surface area contributed by atoms with Gasteiger partial charge in [-0.2, -0.15) is 4.98 Å². The molecule has 76 valence electrons. The number of methoxy groups -OCH3 is 1. The van der Waals surface area contributed by atoms with Crippen LogP contribution in [-0.4, -0.2) is 23.5 Å². The molecule has 1 aromatic carbocycles. The summed E-state index contributed by atoms with van der Waals surface area (Å²) in [5, 5.41) is 3.66. The predicted octanol–water partition coefficient (Wildman–Crippen LogP) is 1.56. The second-order valence-electron chi connectivity index (χ2n) is 2.81. The van der Waals surface area contributed by atoms with Gasteiger partial charge in [-0.05, 0) is 12.1 Å². The molecule has 0 atom stereocenters. The van der Waals surface area contributed by atoms with Crippen molar-refractivity contribution in [1.82, 2.24) is 10.1 Å². The first-order valence-corrected chi connectivity index (χ1v) is 4.27. The minimum absolute atomic E-state index is 0.0344. The topological polar surface area (TPSA) is 65.2 Å². The summed E-state index contributed by atoms with van der Waals surface area (Å²) in [6.07, 6.45) is 0.511. The van der Waals surface area contributed by atoms with Crippen molar-refractivity contribution in [3.05, 3.63) is 30.2 Å². The van der Waals surface area contributed by atoms with E-state index >= 15 is 0 Å². The van der Waals surface area contributed by atoms with Crippen molar-refractivity contribution in [2.24, 2.45) is 0 Å². The van der Waals surface area contributed by atoms with Gasteiger partial charge in [0.2, 0.25) is 12.1 Å². The highest BCUT2D eigenvalue weighted by Crippen LogP contribution is 2.20. The Kier molecular flexibility index (Phi) is 2.45. The lowest BCUT2D eigenvalue weighted by Crippen LogP contribution is -1.85. The van der Waals surface area contributed by atoms with E-state index in [0.29, 0.717) is 17.9 Å². The van der Waals surface area contributed by atoms with E-state index in [-0.39, 0.29) is 5.89 Å². The fraction of sp³-hybridized carbons (Fsp3) is 0.100. The number of aldehydes is 1. The van der Waals surface area contributed by atoms with Crippen molar-refractivity contribution >= 4 is 6.29 Å². The summed E-state index contributed by atoms with van der Waals surface area (Å²) in [7, 11) is 1.58. The number of ether oxygens (including phenoxy) is 1. The van der Waals surface area contributed by atoms with E-state index in [1.165, 1.54) is 0 Å². The van der Waals surface area contributed by atoms with Gasteiger partial charge in [-0.15, -0.1) is 0 Å². The first-order chi connectivity index (χ1) is 7.33. The zero-order valence-electron chi connectivity index (χ0n) is 8.01. The van der Waals surface area contributed by atoms with Crippen LogP contribution >= 0.6 is 0 Å². The molecule has 15 heavy (non-hydrogen) atoms. The Morgan fingerprint density at radius 2 is 2.33 bits per heavy atom.